The molecule has 2 amide bonds. The fourth-order valence-electron chi connectivity index (χ4n) is 2.27. The molecular formula is C17H20N2O3S2. The molecule has 5 nitrogen and oxygen atoms in total. The van der Waals surface area contributed by atoms with E-state index in [0.717, 1.165) is 11.1 Å². The van der Waals surface area contributed by atoms with Crippen molar-refractivity contribution in [3.8, 4) is 0 Å². The van der Waals surface area contributed by atoms with Crippen LogP contribution in [0.1, 0.15) is 18.1 Å². The van der Waals surface area contributed by atoms with Crippen molar-refractivity contribution in [1.29, 1.82) is 0 Å². The predicted octanol–water partition coefficient (Wildman–Crippen LogP) is 2.04. The van der Waals surface area contributed by atoms with Gasteiger partial charge in [-0.15, -0.1) is 0 Å². The first-order valence-electron chi connectivity index (χ1n) is 7.67. The third-order valence-corrected chi connectivity index (χ3v) is 5.02. The lowest BCUT2D eigenvalue weighted by Gasteiger charge is -2.22. The Kier molecular flexibility index (Phi) is 6.53. The van der Waals surface area contributed by atoms with Crippen LogP contribution in [-0.2, 0) is 9.59 Å². The molecular weight excluding hydrogens is 344 g/mol. The van der Waals surface area contributed by atoms with Crippen molar-refractivity contribution in [2.45, 2.75) is 13.8 Å². The number of benzene rings is 1. The van der Waals surface area contributed by atoms with Gasteiger partial charge in [0.05, 0.1) is 11.5 Å². The molecule has 1 heterocycles. The van der Waals surface area contributed by atoms with Crippen LogP contribution < -0.4 is 0 Å². The minimum Gasteiger partial charge on any atom is -0.395 e. The highest BCUT2D eigenvalue weighted by atomic mass is 32.2. The second kappa shape index (κ2) is 8.41. The maximum absolute atomic E-state index is 12.5. The molecule has 1 saturated heterocycles. The molecule has 2 rings (SSSR count). The molecule has 0 bridgehead atoms. The zero-order valence-electron chi connectivity index (χ0n) is 13.7. The number of rotatable bonds is 6. The molecule has 24 heavy (non-hydrogen) atoms. The SMILES string of the molecule is CCN(CCO)C(=O)CN1C(=O)/C(=C/c2ccc(C)cc2)SC1=S. The Hall–Kier alpha value is -1.70. The average molecular weight is 364 g/mol. The Bertz CT molecular complexity index is 671. The third-order valence-electron chi connectivity index (χ3n) is 3.65. The first kappa shape index (κ1) is 18.6. The number of likely N-dealkylation sites (N-methyl/N-ethyl adjacent to an activating group) is 1. The van der Waals surface area contributed by atoms with E-state index in [-0.39, 0.29) is 31.5 Å². The smallest absolute Gasteiger partial charge is 0.266 e. The van der Waals surface area contributed by atoms with Crippen molar-refractivity contribution in [2.24, 2.45) is 0 Å². The number of hydrogen-bond acceptors (Lipinski definition) is 5. The number of nitrogens with zero attached hydrogens (tertiary/aromatic N) is 2. The average Bonchev–Trinajstić information content (AvgIpc) is 2.82. The molecule has 0 atom stereocenters. The molecule has 0 saturated carbocycles. The van der Waals surface area contributed by atoms with Gasteiger partial charge in [-0.2, -0.15) is 0 Å². The van der Waals surface area contributed by atoms with Crippen molar-refractivity contribution in [3.63, 3.8) is 0 Å². The number of thioether (sulfide) groups is 1. The van der Waals surface area contributed by atoms with E-state index in [9.17, 15) is 9.59 Å². The Morgan fingerprint density at radius 3 is 2.62 bits per heavy atom. The second-order valence-electron chi connectivity index (χ2n) is 5.38. The summed E-state index contributed by atoms with van der Waals surface area (Å²) < 4.78 is 0.381. The van der Waals surface area contributed by atoms with Crippen LogP contribution in [0.3, 0.4) is 0 Å². The number of carbonyl (C=O) groups excluding carboxylic acids is 2. The lowest BCUT2D eigenvalue weighted by Crippen LogP contribution is -2.43. The highest BCUT2D eigenvalue weighted by Gasteiger charge is 2.34. The molecule has 1 aliphatic rings. The molecule has 1 N–H and O–H groups in total. The molecule has 0 spiro atoms. The van der Waals surface area contributed by atoms with Crippen LogP contribution >= 0.6 is 24.0 Å². The number of amides is 2. The van der Waals surface area contributed by atoms with E-state index in [4.69, 9.17) is 17.3 Å². The van der Waals surface area contributed by atoms with Gasteiger partial charge in [0, 0.05) is 13.1 Å². The summed E-state index contributed by atoms with van der Waals surface area (Å²) in [5.74, 6) is -0.474. The summed E-state index contributed by atoms with van der Waals surface area (Å²) in [6, 6.07) is 7.83. The van der Waals surface area contributed by atoms with E-state index in [2.05, 4.69) is 0 Å². The Morgan fingerprint density at radius 2 is 2.04 bits per heavy atom. The molecule has 7 heteroatoms. The Morgan fingerprint density at radius 1 is 1.38 bits per heavy atom. The van der Waals surface area contributed by atoms with Gasteiger partial charge in [-0.3, -0.25) is 14.5 Å². The monoisotopic (exact) mass is 364 g/mol. The highest BCUT2D eigenvalue weighted by Crippen LogP contribution is 2.32. The fourth-order valence-corrected chi connectivity index (χ4v) is 3.52. The molecule has 1 aromatic carbocycles. The number of carbonyl (C=O) groups is 2. The van der Waals surface area contributed by atoms with E-state index in [1.165, 1.54) is 21.6 Å². The Balaban J connectivity index is 2.11. The van der Waals surface area contributed by atoms with E-state index in [1.807, 2.05) is 38.1 Å². The summed E-state index contributed by atoms with van der Waals surface area (Å²) in [6.07, 6.45) is 1.79. The van der Waals surface area contributed by atoms with Gasteiger partial charge in [0.2, 0.25) is 5.91 Å². The van der Waals surface area contributed by atoms with Gasteiger partial charge in [0.1, 0.15) is 10.9 Å². The molecule has 0 aliphatic carbocycles. The fraction of sp³-hybridized carbons (Fsp3) is 0.353. The highest BCUT2D eigenvalue weighted by molar-refractivity contribution is 8.26. The molecule has 128 valence electrons. The molecule has 1 aliphatic heterocycles. The number of aryl methyl sites for hydroxylation is 1. The minimum absolute atomic E-state index is 0.0935. The van der Waals surface area contributed by atoms with Crippen LogP contribution in [0, 0.1) is 6.92 Å². The molecule has 1 fully saturated rings. The number of thiocarbonyl (C=S) groups is 1. The Labute approximate surface area is 151 Å². The summed E-state index contributed by atoms with van der Waals surface area (Å²) in [5, 5.41) is 8.99. The number of hydrogen-bond donors (Lipinski definition) is 1. The lowest BCUT2D eigenvalue weighted by molar-refractivity contribution is -0.135. The van der Waals surface area contributed by atoms with Crippen LogP contribution in [0.25, 0.3) is 6.08 Å². The topological polar surface area (TPSA) is 60.9 Å². The first-order valence-corrected chi connectivity index (χ1v) is 8.89. The van der Waals surface area contributed by atoms with Crippen LogP contribution in [0.15, 0.2) is 29.2 Å². The summed E-state index contributed by atoms with van der Waals surface area (Å²) in [7, 11) is 0. The van der Waals surface area contributed by atoms with Crippen molar-refractivity contribution >= 4 is 46.2 Å². The van der Waals surface area contributed by atoms with Crippen molar-refractivity contribution in [3.05, 3.63) is 40.3 Å². The van der Waals surface area contributed by atoms with Crippen LogP contribution in [0.5, 0.6) is 0 Å². The molecule has 1 aromatic rings. The first-order chi connectivity index (χ1) is 11.5. The summed E-state index contributed by atoms with van der Waals surface area (Å²) in [5.41, 5.74) is 2.07. The zero-order valence-corrected chi connectivity index (χ0v) is 15.3. The third kappa shape index (κ3) is 4.43. The predicted molar refractivity (Wildman–Crippen MR) is 100 cm³/mol. The van der Waals surface area contributed by atoms with E-state index < -0.39 is 0 Å². The molecule has 0 radical (unpaired) electrons. The van der Waals surface area contributed by atoms with Crippen molar-refractivity contribution in [1.82, 2.24) is 9.80 Å². The summed E-state index contributed by atoms with van der Waals surface area (Å²) in [4.78, 5) is 28.1. The van der Waals surface area contributed by atoms with Gasteiger partial charge >= 0.3 is 0 Å². The van der Waals surface area contributed by atoms with Crippen LogP contribution in [0.2, 0.25) is 0 Å². The second-order valence-corrected chi connectivity index (χ2v) is 7.05. The van der Waals surface area contributed by atoms with E-state index >= 15 is 0 Å². The van der Waals surface area contributed by atoms with Crippen LogP contribution in [0.4, 0.5) is 0 Å². The van der Waals surface area contributed by atoms with Crippen molar-refractivity contribution in [2.75, 3.05) is 26.2 Å². The minimum atomic E-state index is -0.251. The van der Waals surface area contributed by atoms with E-state index in [1.54, 1.807) is 6.08 Å². The molecule has 0 unspecified atom stereocenters. The van der Waals surface area contributed by atoms with Crippen LogP contribution in [-0.4, -0.2) is 57.3 Å². The lowest BCUT2D eigenvalue weighted by atomic mass is 10.1. The largest absolute Gasteiger partial charge is 0.395 e. The number of aliphatic hydroxyl groups excluding tert-OH is 1. The quantitative estimate of drug-likeness (QED) is 0.618. The number of aliphatic hydroxyl groups is 1. The maximum atomic E-state index is 12.5. The van der Waals surface area contributed by atoms with Gasteiger partial charge in [-0.1, -0.05) is 53.8 Å². The van der Waals surface area contributed by atoms with Crippen molar-refractivity contribution < 1.29 is 14.7 Å². The van der Waals surface area contributed by atoms with Gasteiger partial charge in [-0.25, -0.2) is 0 Å². The standard InChI is InChI=1S/C17H20N2O3S2/c1-3-18(8-9-20)15(21)11-19-16(22)14(24-17(19)23)10-13-6-4-12(2)5-7-13/h4-7,10,20H,3,8-9,11H2,1-2H3/b14-10-. The molecule has 0 aromatic heterocycles. The van der Waals surface area contributed by atoms with Gasteiger partial charge in [-0.05, 0) is 25.5 Å². The van der Waals surface area contributed by atoms with Gasteiger partial charge in [0.25, 0.3) is 5.91 Å². The van der Waals surface area contributed by atoms with E-state index in [0.29, 0.717) is 15.8 Å². The maximum Gasteiger partial charge on any atom is 0.266 e. The summed E-state index contributed by atoms with van der Waals surface area (Å²) in [6.45, 7) is 4.36. The van der Waals surface area contributed by atoms with Gasteiger partial charge in [0.15, 0.2) is 0 Å². The normalized spacial score (nSPS) is 16.1. The summed E-state index contributed by atoms with van der Waals surface area (Å²) >= 11 is 6.45. The van der Waals surface area contributed by atoms with Gasteiger partial charge < -0.3 is 10.0 Å². The zero-order chi connectivity index (χ0) is 17.7.